The Kier molecular flexibility index (Phi) is 71.4. The number of unbranched alkanes of at least 4 members (excludes halogenated alkanes) is 28. The molecule has 3 N–H and O–H groups in total. The van der Waals surface area contributed by atoms with Gasteiger partial charge in [-0.15, -0.1) is 0 Å². The van der Waals surface area contributed by atoms with Gasteiger partial charge in [0.25, 0.3) is 0 Å². The van der Waals surface area contributed by atoms with Crippen molar-refractivity contribution in [2.45, 2.75) is 341 Å². The van der Waals surface area contributed by atoms with E-state index in [0.29, 0.717) is 32.1 Å². The maximum absolute atomic E-state index is 13.1. The molecule has 0 aromatic rings. The van der Waals surface area contributed by atoms with Crippen LogP contribution >= 0.6 is 15.6 Å². The van der Waals surface area contributed by atoms with Crippen LogP contribution in [0.2, 0.25) is 0 Å². The summed E-state index contributed by atoms with van der Waals surface area (Å²) in [4.78, 5) is 72.9. The first-order chi connectivity index (χ1) is 49.7. The molecule has 0 saturated heterocycles. The molecule has 0 aromatic carbocycles. The third-order valence-corrected chi connectivity index (χ3v) is 18.3. The third kappa shape index (κ3) is 73.8. The van der Waals surface area contributed by atoms with Crippen LogP contribution in [0.15, 0.2) is 122 Å². The van der Waals surface area contributed by atoms with Crippen LogP contribution in [0, 0.1) is 0 Å². The van der Waals surface area contributed by atoms with E-state index in [0.717, 1.165) is 154 Å². The monoisotopic (exact) mass is 1470 g/mol. The number of allylic oxidation sites excluding steroid dienone is 20. The summed E-state index contributed by atoms with van der Waals surface area (Å²) in [6, 6.07) is 0. The van der Waals surface area contributed by atoms with E-state index in [2.05, 4.69) is 137 Å². The van der Waals surface area contributed by atoms with E-state index >= 15 is 0 Å². The van der Waals surface area contributed by atoms with Gasteiger partial charge in [-0.2, -0.15) is 0 Å². The number of phosphoric ester groups is 2. The second-order valence-electron chi connectivity index (χ2n) is 26.3. The summed E-state index contributed by atoms with van der Waals surface area (Å²) in [5.41, 5.74) is 0. The molecule has 0 aromatic heterocycles. The first-order valence-electron chi connectivity index (χ1n) is 39.8. The average Bonchev–Trinajstić information content (AvgIpc) is 0.959. The Bertz CT molecular complexity index is 2410. The molecule has 0 aliphatic heterocycles. The minimum atomic E-state index is -5.00. The molecule has 0 fully saturated rings. The summed E-state index contributed by atoms with van der Waals surface area (Å²) in [6.07, 6.45) is 81.8. The van der Waals surface area contributed by atoms with Gasteiger partial charge in [0, 0.05) is 25.7 Å². The predicted molar refractivity (Wildman–Crippen MR) is 418 cm³/mol. The Balaban J connectivity index is 5.44. The third-order valence-electron chi connectivity index (χ3n) is 16.4. The molecule has 586 valence electrons. The van der Waals surface area contributed by atoms with E-state index in [1.807, 2.05) is 12.2 Å². The number of aliphatic hydroxyl groups excluding tert-OH is 1. The van der Waals surface area contributed by atoms with Gasteiger partial charge in [0.05, 0.1) is 26.4 Å². The molecule has 5 atom stereocenters. The summed E-state index contributed by atoms with van der Waals surface area (Å²) in [5.74, 6) is -2.29. The van der Waals surface area contributed by atoms with Crippen LogP contribution < -0.4 is 0 Å². The van der Waals surface area contributed by atoms with Gasteiger partial charge < -0.3 is 33.8 Å². The Morgan fingerprint density at radius 2 is 0.490 bits per heavy atom. The summed E-state index contributed by atoms with van der Waals surface area (Å²) < 4.78 is 68.5. The summed E-state index contributed by atoms with van der Waals surface area (Å²) >= 11 is 0. The highest BCUT2D eigenvalue weighted by atomic mass is 31.2. The van der Waals surface area contributed by atoms with E-state index in [4.69, 9.17) is 37.0 Å². The average molecular weight is 1470 g/mol. The van der Waals surface area contributed by atoms with Crippen LogP contribution in [0.5, 0.6) is 0 Å². The van der Waals surface area contributed by atoms with E-state index in [1.54, 1.807) is 0 Å². The highest BCUT2D eigenvalue weighted by molar-refractivity contribution is 7.47. The predicted octanol–water partition coefficient (Wildman–Crippen LogP) is 23.1. The van der Waals surface area contributed by atoms with Crippen molar-refractivity contribution in [3.8, 4) is 0 Å². The largest absolute Gasteiger partial charge is 0.472 e. The SMILES string of the molecule is CCCCCC=CCC=CCC=CCC=CCCCC(=O)OC[C@H](COP(=O)(O)OCC(O)COP(=O)(O)OC[C@@H](COC(=O)CCCCCCCC=CCC=CCCCCC)OC(=O)CCCCCCCC=CCCCCCC)OC(=O)CCCCCCC=CCC=CCC=CCCCCC. The number of carbonyl (C=O) groups is 4. The van der Waals surface area contributed by atoms with Crippen molar-refractivity contribution in [2.75, 3.05) is 39.6 Å². The maximum atomic E-state index is 13.1. The number of rotatable bonds is 74. The van der Waals surface area contributed by atoms with Crippen molar-refractivity contribution in [2.24, 2.45) is 0 Å². The zero-order chi connectivity index (χ0) is 74.6. The minimum Gasteiger partial charge on any atom is -0.462 e. The van der Waals surface area contributed by atoms with Gasteiger partial charge in [0.1, 0.15) is 19.3 Å². The normalized spacial score (nSPS) is 14.5. The Hall–Kier alpha value is -4.54. The zero-order valence-corrected chi connectivity index (χ0v) is 65.8. The van der Waals surface area contributed by atoms with E-state index in [-0.39, 0.29) is 25.7 Å². The standard InChI is InChI=1S/C83H142O17P2/c1-5-9-13-17-21-25-29-33-36-38-41-45-48-52-56-60-64-68-81(86)94-74-79(100-83(88)70-66-62-58-54-50-46-42-39-37-34-30-26-22-18-14-10-6-2)76-98-102(91,92)96-72-77(84)71-95-101(89,90)97-75-78(99-82(87)69-65-61-57-53-49-43-32-28-24-20-16-12-8-4)73-93-80(85)67-63-59-55-51-47-44-40-35-31-27-23-19-15-11-7-3/h21-23,25-28,32-37,40-42,45-46,52,56,77-79,84H,5-20,24,29-31,38-39,43-44,47-51,53-55,57-76H2,1-4H3,(H,89,90)(H,91,92)/t77?,78-,79-/m1/s1. The van der Waals surface area contributed by atoms with Crippen LogP contribution in [0.1, 0.15) is 323 Å². The van der Waals surface area contributed by atoms with Crippen LogP contribution in [-0.2, 0) is 65.4 Å². The van der Waals surface area contributed by atoms with Gasteiger partial charge in [0.2, 0.25) is 0 Å². The fourth-order valence-electron chi connectivity index (χ4n) is 10.2. The molecule has 0 amide bonds. The topological polar surface area (TPSA) is 237 Å². The van der Waals surface area contributed by atoms with Crippen molar-refractivity contribution in [3.63, 3.8) is 0 Å². The molecule has 0 saturated carbocycles. The first-order valence-corrected chi connectivity index (χ1v) is 42.8. The lowest BCUT2D eigenvalue weighted by Crippen LogP contribution is -2.30. The quantitative estimate of drug-likeness (QED) is 0.0169. The van der Waals surface area contributed by atoms with Crippen LogP contribution in [-0.4, -0.2) is 96.7 Å². The van der Waals surface area contributed by atoms with Crippen LogP contribution in [0.4, 0.5) is 0 Å². The molecule has 0 rings (SSSR count). The van der Waals surface area contributed by atoms with E-state index in [9.17, 15) is 43.2 Å². The van der Waals surface area contributed by atoms with Crippen molar-refractivity contribution >= 4 is 39.5 Å². The Morgan fingerprint density at radius 3 is 0.804 bits per heavy atom. The maximum Gasteiger partial charge on any atom is 0.472 e. The summed E-state index contributed by atoms with van der Waals surface area (Å²) in [6.45, 7) is 4.68. The number of phosphoric acid groups is 2. The summed E-state index contributed by atoms with van der Waals surface area (Å²) in [5, 5.41) is 10.6. The zero-order valence-electron chi connectivity index (χ0n) is 64.0. The number of hydrogen-bond acceptors (Lipinski definition) is 15. The fraction of sp³-hybridized carbons (Fsp3) is 0.711. The van der Waals surface area contributed by atoms with Crippen molar-refractivity contribution in [1.82, 2.24) is 0 Å². The van der Waals surface area contributed by atoms with Crippen LogP contribution in [0.25, 0.3) is 0 Å². The molecule has 3 unspecified atom stereocenters. The van der Waals surface area contributed by atoms with Crippen molar-refractivity contribution in [1.29, 1.82) is 0 Å². The van der Waals surface area contributed by atoms with Gasteiger partial charge in [-0.25, -0.2) is 9.13 Å². The summed E-state index contributed by atoms with van der Waals surface area (Å²) in [7, 11) is -9.98. The van der Waals surface area contributed by atoms with E-state index in [1.165, 1.54) is 83.5 Å². The van der Waals surface area contributed by atoms with Gasteiger partial charge >= 0.3 is 39.5 Å². The van der Waals surface area contributed by atoms with Gasteiger partial charge in [-0.1, -0.05) is 258 Å². The minimum absolute atomic E-state index is 0.0552. The highest BCUT2D eigenvalue weighted by Crippen LogP contribution is 2.45. The second-order valence-corrected chi connectivity index (χ2v) is 29.2. The van der Waals surface area contributed by atoms with Crippen molar-refractivity contribution in [3.05, 3.63) is 122 Å². The lowest BCUT2D eigenvalue weighted by atomic mass is 10.1. The van der Waals surface area contributed by atoms with Gasteiger partial charge in [-0.05, 0) is 161 Å². The van der Waals surface area contributed by atoms with E-state index < -0.39 is 97.5 Å². The van der Waals surface area contributed by atoms with Gasteiger partial charge in [-0.3, -0.25) is 37.3 Å². The number of aliphatic hydroxyl groups is 1. The highest BCUT2D eigenvalue weighted by Gasteiger charge is 2.30. The fourth-order valence-corrected chi connectivity index (χ4v) is 11.8. The lowest BCUT2D eigenvalue weighted by Gasteiger charge is -2.21. The molecule has 102 heavy (non-hydrogen) atoms. The molecule has 0 radical (unpaired) electrons. The Morgan fingerprint density at radius 1 is 0.275 bits per heavy atom. The van der Waals surface area contributed by atoms with Gasteiger partial charge in [0.15, 0.2) is 12.2 Å². The molecule has 0 spiro atoms. The molecule has 0 heterocycles. The van der Waals surface area contributed by atoms with Crippen molar-refractivity contribution < 1.29 is 80.2 Å². The smallest absolute Gasteiger partial charge is 0.462 e. The second kappa shape index (κ2) is 74.7. The molecule has 19 heteroatoms. The Labute approximate surface area is 619 Å². The number of hydrogen-bond donors (Lipinski definition) is 3. The number of carbonyl (C=O) groups excluding carboxylic acids is 4. The molecule has 0 aliphatic rings. The number of ether oxygens (including phenoxy) is 4. The molecular weight excluding hydrogens is 1330 g/mol. The number of esters is 4. The first kappa shape index (κ1) is 97.5. The molecule has 0 aliphatic carbocycles. The lowest BCUT2D eigenvalue weighted by molar-refractivity contribution is -0.161. The van der Waals surface area contributed by atoms with Crippen LogP contribution in [0.3, 0.4) is 0 Å². The molecule has 17 nitrogen and oxygen atoms in total. The molecule has 0 bridgehead atoms. The molecular formula is C83H142O17P2.